The van der Waals surface area contributed by atoms with Gasteiger partial charge in [0.05, 0.1) is 17.4 Å². The van der Waals surface area contributed by atoms with Crippen LogP contribution >= 0.6 is 0 Å². The molecule has 7 heteroatoms. The van der Waals surface area contributed by atoms with E-state index >= 15 is 0 Å². The van der Waals surface area contributed by atoms with Crippen molar-refractivity contribution in [3.8, 4) is 22.4 Å². The molecule has 3 N–H and O–H groups in total. The van der Waals surface area contributed by atoms with Gasteiger partial charge in [-0.05, 0) is 73.2 Å². The second-order valence-corrected chi connectivity index (χ2v) is 8.26. The summed E-state index contributed by atoms with van der Waals surface area (Å²) in [6.07, 6.45) is 10.4. The summed E-state index contributed by atoms with van der Waals surface area (Å²) in [5.74, 6) is 1.27. The van der Waals surface area contributed by atoms with Crippen molar-refractivity contribution in [1.29, 1.82) is 0 Å². The summed E-state index contributed by atoms with van der Waals surface area (Å²) in [5.41, 5.74) is 4.84. The minimum Gasteiger partial charge on any atom is -0.393 e. The summed E-state index contributed by atoms with van der Waals surface area (Å²) >= 11 is 0. The quantitative estimate of drug-likeness (QED) is 0.387. The molecule has 0 spiro atoms. The van der Waals surface area contributed by atoms with Crippen LogP contribution in [0.4, 0.5) is 17.5 Å². The third-order valence-corrected chi connectivity index (χ3v) is 5.92. The molecule has 0 atom stereocenters. The predicted molar refractivity (Wildman–Crippen MR) is 130 cm³/mol. The maximum Gasteiger partial charge on any atom is 0.229 e. The molecule has 0 amide bonds. The molecule has 1 aliphatic rings. The van der Waals surface area contributed by atoms with E-state index in [0.717, 1.165) is 59.6 Å². The fraction of sp³-hybridized carbons (Fsp3) is 0.231. The summed E-state index contributed by atoms with van der Waals surface area (Å²) in [5, 5.41) is 16.7. The van der Waals surface area contributed by atoms with Gasteiger partial charge in [-0.1, -0.05) is 18.2 Å². The van der Waals surface area contributed by atoms with E-state index in [1.807, 2.05) is 48.7 Å². The molecule has 33 heavy (non-hydrogen) atoms. The highest BCUT2D eigenvalue weighted by Gasteiger charge is 2.21. The first-order valence-corrected chi connectivity index (χ1v) is 11.2. The van der Waals surface area contributed by atoms with Gasteiger partial charge in [-0.3, -0.25) is 9.97 Å². The largest absolute Gasteiger partial charge is 0.393 e. The van der Waals surface area contributed by atoms with E-state index < -0.39 is 0 Å². The standard InChI is InChI=1S/C26H26N6O/c33-22-10-8-20(9-11-22)30-25-23(24-3-1-2-14-28-24)17-29-26(32-25)31-21-6-4-18(5-7-21)19-12-15-27-16-13-19/h1-7,12-17,20,22,33H,8-11H2,(H2,29,30,31,32)/t20-,22-. The lowest BCUT2D eigenvalue weighted by atomic mass is 9.93. The summed E-state index contributed by atoms with van der Waals surface area (Å²) in [6, 6.07) is 18.2. The average molecular weight is 439 g/mol. The van der Waals surface area contributed by atoms with Crippen molar-refractivity contribution in [2.45, 2.75) is 37.8 Å². The summed E-state index contributed by atoms with van der Waals surface area (Å²) < 4.78 is 0. The number of aliphatic hydroxyl groups excluding tert-OH is 1. The van der Waals surface area contributed by atoms with E-state index in [9.17, 15) is 5.11 Å². The molecular formula is C26H26N6O. The van der Waals surface area contributed by atoms with Gasteiger partial charge < -0.3 is 15.7 Å². The lowest BCUT2D eigenvalue weighted by Crippen LogP contribution is -2.29. The molecule has 166 valence electrons. The Balaban J connectivity index is 1.38. The van der Waals surface area contributed by atoms with Gasteiger partial charge in [-0.15, -0.1) is 0 Å². The van der Waals surface area contributed by atoms with Crippen LogP contribution in [0.15, 0.2) is 79.4 Å². The maximum absolute atomic E-state index is 9.85. The van der Waals surface area contributed by atoms with E-state index in [4.69, 9.17) is 4.98 Å². The van der Waals surface area contributed by atoms with Crippen molar-refractivity contribution in [3.63, 3.8) is 0 Å². The lowest BCUT2D eigenvalue weighted by Gasteiger charge is -2.27. The van der Waals surface area contributed by atoms with Crippen molar-refractivity contribution in [2.75, 3.05) is 10.6 Å². The second-order valence-electron chi connectivity index (χ2n) is 8.26. The molecule has 5 rings (SSSR count). The average Bonchev–Trinajstić information content (AvgIpc) is 2.87. The number of nitrogens with zero attached hydrogens (tertiary/aromatic N) is 4. The molecule has 0 saturated heterocycles. The number of nitrogens with one attached hydrogen (secondary N) is 2. The minimum atomic E-state index is -0.198. The maximum atomic E-state index is 9.85. The summed E-state index contributed by atoms with van der Waals surface area (Å²) in [7, 11) is 0. The Kier molecular flexibility index (Phi) is 6.21. The van der Waals surface area contributed by atoms with Gasteiger partial charge in [-0.25, -0.2) is 4.98 Å². The van der Waals surface area contributed by atoms with Gasteiger partial charge >= 0.3 is 0 Å². The van der Waals surface area contributed by atoms with Crippen molar-refractivity contribution >= 4 is 17.5 Å². The number of benzene rings is 1. The highest BCUT2D eigenvalue weighted by Crippen LogP contribution is 2.29. The number of aliphatic hydroxyl groups is 1. The molecule has 1 fully saturated rings. The fourth-order valence-electron chi connectivity index (χ4n) is 4.09. The van der Waals surface area contributed by atoms with Crippen molar-refractivity contribution in [1.82, 2.24) is 19.9 Å². The number of rotatable bonds is 6. The van der Waals surface area contributed by atoms with Gasteiger partial charge in [0.1, 0.15) is 5.82 Å². The van der Waals surface area contributed by atoms with Crippen LogP contribution in [-0.2, 0) is 0 Å². The molecule has 3 heterocycles. The Labute approximate surface area is 193 Å². The predicted octanol–water partition coefficient (Wildman–Crippen LogP) is 5.06. The van der Waals surface area contributed by atoms with Crippen LogP contribution in [0.25, 0.3) is 22.4 Å². The van der Waals surface area contributed by atoms with Crippen LogP contribution in [-0.4, -0.2) is 37.2 Å². The van der Waals surface area contributed by atoms with E-state index in [1.165, 1.54) is 0 Å². The van der Waals surface area contributed by atoms with E-state index in [0.29, 0.717) is 5.95 Å². The summed E-state index contributed by atoms with van der Waals surface area (Å²) in [6.45, 7) is 0. The van der Waals surface area contributed by atoms with Crippen LogP contribution in [0, 0.1) is 0 Å². The van der Waals surface area contributed by atoms with E-state index in [2.05, 4.69) is 37.7 Å². The van der Waals surface area contributed by atoms with Gasteiger partial charge in [0, 0.05) is 36.5 Å². The Morgan fingerprint density at radius 1 is 0.788 bits per heavy atom. The first-order valence-electron chi connectivity index (χ1n) is 11.2. The molecule has 0 aliphatic heterocycles. The highest BCUT2D eigenvalue weighted by molar-refractivity contribution is 5.74. The third-order valence-electron chi connectivity index (χ3n) is 5.92. The van der Waals surface area contributed by atoms with Crippen molar-refractivity contribution in [2.24, 2.45) is 0 Å². The van der Waals surface area contributed by atoms with Crippen LogP contribution in [0.3, 0.4) is 0 Å². The Bertz CT molecular complexity index is 1180. The molecule has 0 unspecified atom stereocenters. The SMILES string of the molecule is O[C@H]1CC[C@H](Nc2nc(Nc3ccc(-c4ccncc4)cc3)ncc2-c2ccccn2)CC1. The molecule has 4 aromatic rings. The van der Waals surface area contributed by atoms with Crippen LogP contribution in [0.1, 0.15) is 25.7 Å². The topological polar surface area (TPSA) is 95.8 Å². The normalized spacial score (nSPS) is 18.0. The number of aromatic nitrogens is 4. The smallest absolute Gasteiger partial charge is 0.229 e. The second kappa shape index (κ2) is 9.75. The Morgan fingerprint density at radius 3 is 2.27 bits per heavy atom. The zero-order chi connectivity index (χ0) is 22.5. The van der Waals surface area contributed by atoms with Gasteiger partial charge in [-0.2, -0.15) is 4.98 Å². The minimum absolute atomic E-state index is 0.198. The van der Waals surface area contributed by atoms with E-state index in [1.54, 1.807) is 18.6 Å². The molecule has 1 aromatic carbocycles. The van der Waals surface area contributed by atoms with Crippen LogP contribution < -0.4 is 10.6 Å². The van der Waals surface area contributed by atoms with Crippen LogP contribution in [0.2, 0.25) is 0 Å². The number of hydrogen-bond donors (Lipinski definition) is 3. The third kappa shape index (κ3) is 5.15. The first kappa shape index (κ1) is 21.0. The molecule has 1 aliphatic carbocycles. The molecular weight excluding hydrogens is 412 g/mol. The van der Waals surface area contributed by atoms with Gasteiger partial charge in [0.2, 0.25) is 5.95 Å². The molecule has 1 saturated carbocycles. The summed E-state index contributed by atoms with van der Waals surface area (Å²) in [4.78, 5) is 17.9. The number of hydrogen-bond acceptors (Lipinski definition) is 7. The van der Waals surface area contributed by atoms with Crippen molar-refractivity contribution in [3.05, 3.63) is 79.4 Å². The molecule has 3 aromatic heterocycles. The Morgan fingerprint density at radius 2 is 1.55 bits per heavy atom. The van der Waals surface area contributed by atoms with Gasteiger partial charge in [0.25, 0.3) is 0 Å². The first-order chi connectivity index (χ1) is 16.2. The fourth-order valence-corrected chi connectivity index (χ4v) is 4.09. The van der Waals surface area contributed by atoms with Crippen molar-refractivity contribution < 1.29 is 5.11 Å². The monoisotopic (exact) mass is 438 g/mol. The highest BCUT2D eigenvalue weighted by atomic mass is 16.3. The zero-order valence-electron chi connectivity index (χ0n) is 18.2. The molecule has 7 nitrogen and oxygen atoms in total. The number of anilines is 3. The number of pyridine rings is 2. The molecule has 0 radical (unpaired) electrons. The lowest BCUT2D eigenvalue weighted by molar-refractivity contribution is 0.126. The van der Waals surface area contributed by atoms with Gasteiger partial charge in [0.15, 0.2) is 0 Å². The zero-order valence-corrected chi connectivity index (χ0v) is 18.2. The Hall–Kier alpha value is -3.84. The molecule has 0 bridgehead atoms. The van der Waals surface area contributed by atoms with E-state index in [-0.39, 0.29) is 12.1 Å². The van der Waals surface area contributed by atoms with Crippen LogP contribution in [0.5, 0.6) is 0 Å².